The van der Waals surface area contributed by atoms with Gasteiger partial charge in [0.1, 0.15) is 0 Å². The van der Waals surface area contributed by atoms with Gasteiger partial charge in [0.25, 0.3) is 0 Å². The molecule has 0 bridgehead atoms. The summed E-state index contributed by atoms with van der Waals surface area (Å²) in [4.78, 5) is 27.3. The van der Waals surface area contributed by atoms with Gasteiger partial charge in [0.05, 0.1) is 23.8 Å². The largest absolute Gasteiger partial charge is 0.481 e. The minimum atomic E-state index is -0.801. The van der Waals surface area contributed by atoms with Crippen molar-refractivity contribution in [1.29, 1.82) is 0 Å². The molecule has 240 valence electrons. The lowest BCUT2D eigenvalue weighted by molar-refractivity contribution is -0.245. The van der Waals surface area contributed by atoms with Gasteiger partial charge in [-0.1, -0.05) is 79.2 Å². The summed E-state index contributed by atoms with van der Waals surface area (Å²) in [6.45, 7) is 0.435. The lowest BCUT2D eigenvalue weighted by atomic mass is 9.99. The Hall–Kier alpha value is -4.02. The lowest BCUT2D eigenvalue weighted by Crippen LogP contribution is -2.31. The Morgan fingerprint density at radius 3 is 2.35 bits per heavy atom. The van der Waals surface area contributed by atoms with Gasteiger partial charge >= 0.3 is 5.97 Å². The SMILES string of the molecule is O=C(O)CCCCCC(=O)NCc1cccc(-c2ccc([C@H]3O[C@@H](CSc4ccccn4)C[C@@H](c4ccc(CO)cc4)O3)cc2)c1. The van der Waals surface area contributed by atoms with E-state index in [-0.39, 0.29) is 31.1 Å². The van der Waals surface area contributed by atoms with Crippen molar-refractivity contribution < 1.29 is 29.3 Å². The van der Waals surface area contributed by atoms with Gasteiger partial charge in [-0.15, -0.1) is 11.8 Å². The number of carboxylic acids is 1. The minimum Gasteiger partial charge on any atom is -0.481 e. The van der Waals surface area contributed by atoms with E-state index in [0.29, 0.717) is 32.2 Å². The zero-order chi connectivity index (χ0) is 32.1. The number of hydrogen-bond acceptors (Lipinski definition) is 7. The average Bonchev–Trinajstić information content (AvgIpc) is 3.10. The number of rotatable bonds is 15. The topological polar surface area (TPSA) is 118 Å². The molecule has 1 amide bonds. The maximum absolute atomic E-state index is 12.3. The standard InChI is InChI=1S/C37H40N2O6S/c40-24-26-12-14-29(15-13-26)33-22-32(25-46-35-10-4-5-20-38-35)44-37(45-33)30-18-16-28(17-19-30)31-8-6-7-27(21-31)23-39-34(41)9-2-1-3-11-36(42)43/h4-8,10,12-21,32-33,37,40H,1-3,9,11,22-25H2,(H,39,41)(H,42,43)/t32-,33+,37+/m1/s1. The highest BCUT2D eigenvalue weighted by molar-refractivity contribution is 7.99. The number of ether oxygens (including phenoxy) is 2. The summed E-state index contributed by atoms with van der Waals surface area (Å²) in [6.07, 6.45) is 4.30. The lowest BCUT2D eigenvalue weighted by Gasteiger charge is -2.36. The third-order valence-corrected chi connectivity index (χ3v) is 8.97. The molecule has 1 aliphatic rings. The van der Waals surface area contributed by atoms with E-state index in [9.17, 15) is 14.7 Å². The summed E-state index contributed by atoms with van der Waals surface area (Å²) >= 11 is 1.67. The summed E-state index contributed by atoms with van der Waals surface area (Å²) < 4.78 is 13.0. The number of carboxylic acid groups (broad SMARTS) is 1. The van der Waals surface area contributed by atoms with Crippen molar-refractivity contribution in [3.63, 3.8) is 0 Å². The molecule has 9 heteroatoms. The monoisotopic (exact) mass is 640 g/mol. The molecule has 1 saturated heterocycles. The normalized spacial score (nSPS) is 17.8. The predicted octanol–water partition coefficient (Wildman–Crippen LogP) is 7.23. The molecule has 3 aromatic carbocycles. The molecule has 0 spiro atoms. The van der Waals surface area contributed by atoms with Crippen molar-refractivity contribution in [2.24, 2.45) is 0 Å². The maximum Gasteiger partial charge on any atom is 0.303 e. The van der Waals surface area contributed by atoms with Crippen LogP contribution in [-0.2, 0) is 32.2 Å². The van der Waals surface area contributed by atoms with Gasteiger partial charge < -0.3 is 25.0 Å². The van der Waals surface area contributed by atoms with Crippen molar-refractivity contribution in [3.05, 3.63) is 119 Å². The second kappa shape index (κ2) is 17.1. The van der Waals surface area contributed by atoms with Crippen LogP contribution < -0.4 is 5.32 Å². The van der Waals surface area contributed by atoms with Gasteiger partial charge in [-0.25, -0.2) is 4.98 Å². The number of aliphatic hydroxyl groups is 1. The molecule has 4 aromatic rings. The van der Waals surface area contributed by atoms with Gasteiger partial charge in [0.2, 0.25) is 5.91 Å². The summed E-state index contributed by atoms with van der Waals surface area (Å²) in [6, 6.07) is 30.1. The second-order valence-electron chi connectivity index (χ2n) is 11.4. The van der Waals surface area contributed by atoms with Crippen LogP contribution in [0.15, 0.2) is 102 Å². The molecule has 1 aliphatic heterocycles. The second-order valence-corrected chi connectivity index (χ2v) is 12.4. The molecular formula is C37H40N2O6S. The smallest absolute Gasteiger partial charge is 0.303 e. The molecule has 8 nitrogen and oxygen atoms in total. The highest BCUT2D eigenvalue weighted by Crippen LogP contribution is 2.39. The Balaban J connectivity index is 1.21. The van der Waals surface area contributed by atoms with Crippen molar-refractivity contribution in [3.8, 4) is 11.1 Å². The summed E-state index contributed by atoms with van der Waals surface area (Å²) in [7, 11) is 0. The van der Waals surface area contributed by atoms with Crippen LogP contribution >= 0.6 is 11.8 Å². The van der Waals surface area contributed by atoms with E-state index in [1.54, 1.807) is 18.0 Å². The molecule has 2 heterocycles. The number of pyridine rings is 1. The molecule has 0 aliphatic carbocycles. The van der Waals surface area contributed by atoms with Crippen LogP contribution in [0.1, 0.15) is 73.2 Å². The van der Waals surface area contributed by atoms with Gasteiger partial charge in [0, 0.05) is 43.3 Å². The molecule has 0 radical (unpaired) electrons. The molecule has 1 fully saturated rings. The Morgan fingerprint density at radius 2 is 1.61 bits per heavy atom. The van der Waals surface area contributed by atoms with Crippen LogP contribution in [0.4, 0.5) is 0 Å². The van der Waals surface area contributed by atoms with Crippen molar-refractivity contribution >= 4 is 23.6 Å². The molecule has 0 unspecified atom stereocenters. The quantitative estimate of drug-likeness (QED) is 0.0920. The Bertz CT molecular complexity index is 1550. The van der Waals surface area contributed by atoms with E-state index < -0.39 is 12.3 Å². The van der Waals surface area contributed by atoms with Crippen LogP contribution in [0, 0.1) is 0 Å². The van der Waals surface area contributed by atoms with Gasteiger partial charge in [-0.2, -0.15) is 0 Å². The van der Waals surface area contributed by atoms with E-state index in [0.717, 1.165) is 50.6 Å². The first-order chi connectivity index (χ1) is 22.5. The number of hydrogen-bond donors (Lipinski definition) is 3. The third-order valence-electron chi connectivity index (χ3n) is 7.90. The van der Waals surface area contributed by atoms with Gasteiger partial charge in [0.15, 0.2) is 6.29 Å². The maximum atomic E-state index is 12.3. The number of benzene rings is 3. The van der Waals surface area contributed by atoms with Crippen LogP contribution in [0.25, 0.3) is 11.1 Å². The molecule has 5 rings (SSSR count). The fourth-order valence-electron chi connectivity index (χ4n) is 5.35. The summed E-state index contributed by atoms with van der Waals surface area (Å²) in [5, 5.41) is 22.1. The number of carbonyl (C=O) groups is 2. The first kappa shape index (κ1) is 33.3. The highest BCUT2D eigenvalue weighted by atomic mass is 32.2. The first-order valence-corrected chi connectivity index (χ1v) is 16.7. The van der Waals surface area contributed by atoms with E-state index in [2.05, 4.69) is 28.5 Å². The number of aliphatic hydroxyl groups excluding tert-OH is 1. The van der Waals surface area contributed by atoms with Crippen LogP contribution in [0.5, 0.6) is 0 Å². The van der Waals surface area contributed by atoms with Gasteiger partial charge in [-0.3, -0.25) is 9.59 Å². The Labute approximate surface area is 274 Å². The number of nitrogens with one attached hydrogen (secondary N) is 1. The fourth-order valence-corrected chi connectivity index (χ4v) is 6.24. The van der Waals surface area contributed by atoms with Crippen LogP contribution in [-0.4, -0.2) is 38.9 Å². The number of unbranched alkanes of at least 4 members (excludes halogenated alkanes) is 2. The van der Waals surface area contributed by atoms with Crippen LogP contribution in [0.3, 0.4) is 0 Å². The number of aliphatic carboxylic acids is 1. The number of aromatic nitrogens is 1. The Morgan fingerprint density at radius 1 is 0.826 bits per heavy atom. The van der Waals surface area contributed by atoms with E-state index in [4.69, 9.17) is 14.6 Å². The van der Waals surface area contributed by atoms with Crippen molar-refractivity contribution in [2.45, 2.75) is 75.2 Å². The average molecular weight is 641 g/mol. The van der Waals surface area contributed by atoms with Crippen molar-refractivity contribution in [2.75, 3.05) is 5.75 Å². The summed E-state index contributed by atoms with van der Waals surface area (Å²) in [5.74, 6) is -0.0871. The van der Waals surface area contributed by atoms with E-state index in [1.165, 1.54) is 0 Å². The molecule has 3 N–H and O–H groups in total. The number of carbonyl (C=O) groups excluding carboxylic acids is 1. The fraction of sp³-hybridized carbons (Fsp3) is 0.324. The van der Waals surface area contributed by atoms with Crippen molar-refractivity contribution in [1.82, 2.24) is 10.3 Å². The molecule has 3 atom stereocenters. The first-order valence-electron chi connectivity index (χ1n) is 15.7. The van der Waals surface area contributed by atoms with Crippen LogP contribution in [0.2, 0.25) is 0 Å². The molecular weight excluding hydrogens is 600 g/mol. The molecule has 0 saturated carbocycles. The number of nitrogens with zero attached hydrogens (tertiary/aromatic N) is 1. The number of amides is 1. The zero-order valence-corrected chi connectivity index (χ0v) is 26.5. The van der Waals surface area contributed by atoms with E-state index in [1.807, 2.05) is 72.8 Å². The molecule has 1 aromatic heterocycles. The minimum absolute atomic E-state index is 0.00233. The Kier molecular flexibility index (Phi) is 12.4. The molecule has 46 heavy (non-hydrogen) atoms. The third kappa shape index (κ3) is 9.99. The highest BCUT2D eigenvalue weighted by Gasteiger charge is 2.32. The zero-order valence-electron chi connectivity index (χ0n) is 25.7. The van der Waals surface area contributed by atoms with Gasteiger partial charge in [-0.05, 0) is 58.9 Å². The summed E-state index contributed by atoms with van der Waals surface area (Å²) in [5.41, 5.74) is 5.94. The predicted molar refractivity (Wildman–Crippen MR) is 178 cm³/mol. The number of thioether (sulfide) groups is 1. The van der Waals surface area contributed by atoms with E-state index >= 15 is 0 Å².